The molecule has 4 nitrogen and oxygen atoms in total. The van der Waals surface area contributed by atoms with E-state index in [4.69, 9.17) is 0 Å². The molecule has 92 valence electrons. The van der Waals surface area contributed by atoms with Gasteiger partial charge in [-0.15, -0.1) is 0 Å². The maximum atomic E-state index is 12.1. The molecule has 18 heavy (non-hydrogen) atoms. The highest BCUT2D eigenvalue weighted by molar-refractivity contribution is 5.94. The van der Waals surface area contributed by atoms with Crippen LogP contribution in [0.5, 0.6) is 0 Å². The molecule has 0 aliphatic carbocycles. The van der Waals surface area contributed by atoms with E-state index in [1.807, 2.05) is 26.0 Å². The standard InChI is InChI=1S/C14H15N3O/c1-14(2,12-4-3-7-16-10-12)17-13(18)11-5-8-15-9-6-11/h3-10H,1-2H3,(H,17,18). The Labute approximate surface area is 106 Å². The van der Waals surface area contributed by atoms with Crippen LogP contribution in [-0.4, -0.2) is 15.9 Å². The molecule has 0 unspecified atom stereocenters. The lowest BCUT2D eigenvalue weighted by Crippen LogP contribution is -2.41. The Hall–Kier alpha value is -2.23. The molecule has 0 saturated heterocycles. The van der Waals surface area contributed by atoms with E-state index in [2.05, 4.69) is 15.3 Å². The van der Waals surface area contributed by atoms with Crippen LogP contribution in [0.4, 0.5) is 0 Å². The molecule has 0 aliphatic rings. The fraction of sp³-hybridized carbons (Fsp3) is 0.214. The molecule has 1 N–H and O–H groups in total. The number of hydrogen-bond acceptors (Lipinski definition) is 3. The maximum Gasteiger partial charge on any atom is 0.252 e. The predicted octanol–water partition coefficient (Wildman–Crippen LogP) is 2.14. The van der Waals surface area contributed by atoms with Gasteiger partial charge in [-0.25, -0.2) is 0 Å². The van der Waals surface area contributed by atoms with Crippen LogP contribution >= 0.6 is 0 Å². The highest BCUT2D eigenvalue weighted by Crippen LogP contribution is 2.19. The van der Waals surface area contributed by atoms with E-state index >= 15 is 0 Å². The number of aromatic nitrogens is 2. The van der Waals surface area contributed by atoms with Crippen molar-refractivity contribution < 1.29 is 4.79 Å². The number of carbonyl (C=O) groups is 1. The molecule has 0 fully saturated rings. The van der Waals surface area contributed by atoms with Crippen molar-refractivity contribution in [2.45, 2.75) is 19.4 Å². The molecule has 2 rings (SSSR count). The van der Waals surface area contributed by atoms with Crippen molar-refractivity contribution in [3.63, 3.8) is 0 Å². The molecule has 2 aromatic heterocycles. The molecule has 4 heteroatoms. The van der Waals surface area contributed by atoms with Crippen molar-refractivity contribution in [2.75, 3.05) is 0 Å². The minimum Gasteiger partial charge on any atom is -0.343 e. The number of hydrogen-bond donors (Lipinski definition) is 1. The lowest BCUT2D eigenvalue weighted by molar-refractivity contribution is 0.0912. The zero-order chi connectivity index (χ0) is 13.0. The Morgan fingerprint density at radius 1 is 1.11 bits per heavy atom. The highest BCUT2D eigenvalue weighted by Gasteiger charge is 2.23. The van der Waals surface area contributed by atoms with Crippen LogP contribution in [0.15, 0.2) is 49.1 Å². The molecular weight excluding hydrogens is 226 g/mol. The molecule has 2 heterocycles. The van der Waals surface area contributed by atoms with Crippen molar-refractivity contribution in [1.82, 2.24) is 15.3 Å². The summed E-state index contributed by atoms with van der Waals surface area (Å²) >= 11 is 0. The van der Waals surface area contributed by atoms with Gasteiger partial charge in [0.2, 0.25) is 0 Å². The van der Waals surface area contributed by atoms with Gasteiger partial charge in [-0.3, -0.25) is 14.8 Å². The minimum absolute atomic E-state index is 0.119. The summed E-state index contributed by atoms with van der Waals surface area (Å²) in [5.41, 5.74) is 1.10. The summed E-state index contributed by atoms with van der Waals surface area (Å²) in [6, 6.07) is 7.18. The van der Waals surface area contributed by atoms with Gasteiger partial charge in [0.1, 0.15) is 0 Å². The first-order valence-corrected chi connectivity index (χ1v) is 5.72. The van der Waals surface area contributed by atoms with Crippen molar-refractivity contribution in [2.24, 2.45) is 0 Å². The monoisotopic (exact) mass is 241 g/mol. The molecule has 1 amide bonds. The summed E-state index contributed by atoms with van der Waals surface area (Å²) < 4.78 is 0. The first-order chi connectivity index (χ1) is 8.59. The second-order valence-electron chi connectivity index (χ2n) is 4.56. The zero-order valence-corrected chi connectivity index (χ0v) is 10.4. The number of nitrogens with zero attached hydrogens (tertiary/aromatic N) is 2. The van der Waals surface area contributed by atoms with Crippen LogP contribution in [0.1, 0.15) is 29.8 Å². The summed E-state index contributed by atoms with van der Waals surface area (Å²) in [6.45, 7) is 3.90. The first-order valence-electron chi connectivity index (χ1n) is 5.72. The second kappa shape index (κ2) is 4.96. The number of nitrogens with one attached hydrogen (secondary N) is 1. The Bertz CT molecular complexity index is 523. The lowest BCUT2D eigenvalue weighted by Gasteiger charge is -2.26. The quantitative estimate of drug-likeness (QED) is 0.895. The zero-order valence-electron chi connectivity index (χ0n) is 10.4. The molecule has 2 aromatic rings. The molecule has 0 saturated carbocycles. The van der Waals surface area contributed by atoms with Gasteiger partial charge in [-0.1, -0.05) is 6.07 Å². The SMILES string of the molecule is CC(C)(NC(=O)c1ccncc1)c1cccnc1. The van der Waals surface area contributed by atoms with Gasteiger partial charge in [0.15, 0.2) is 0 Å². The summed E-state index contributed by atoms with van der Waals surface area (Å²) in [5, 5.41) is 2.98. The van der Waals surface area contributed by atoms with E-state index in [9.17, 15) is 4.79 Å². The summed E-state index contributed by atoms with van der Waals surface area (Å²) in [5.74, 6) is -0.119. The summed E-state index contributed by atoms with van der Waals surface area (Å²) in [7, 11) is 0. The van der Waals surface area contributed by atoms with Crippen LogP contribution in [0.3, 0.4) is 0 Å². The minimum atomic E-state index is -0.464. The Balaban J connectivity index is 2.17. The fourth-order valence-corrected chi connectivity index (χ4v) is 1.66. The first kappa shape index (κ1) is 12.2. The average molecular weight is 241 g/mol. The highest BCUT2D eigenvalue weighted by atomic mass is 16.1. The smallest absolute Gasteiger partial charge is 0.252 e. The van der Waals surface area contributed by atoms with Crippen LogP contribution in [0, 0.1) is 0 Å². The van der Waals surface area contributed by atoms with Crippen molar-refractivity contribution in [3.05, 3.63) is 60.2 Å². The molecule has 0 aliphatic heterocycles. The Kier molecular flexibility index (Phi) is 3.37. The van der Waals surface area contributed by atoms with E-state index in [1.165, 1.54) is 0 Å². The molecule has 0 spiro atoms. The number of amides is 1. The lowest BCUT2D eigenvalue weighted by atomic mass is 9.95. The van der Waals surface area contributed by atoms with Crippen molar-refractivity contribution in [1.29, 1.82) is 0 Å². The van der Waals surface area contributed by atoms with E-state index in [1.54, 1.807) is 36.9 Å². The van der Waals surface area contributed by atoms with Gasteiger partial charge in [0, 0.05) is 30.4 Å². The Morgan fingerprint density at radius 2 is 1.83 bits per heavy atom. The van der Waals surface area contributed by atoms with E-state index in [0.717, 1.165) is 5.56 Å². The normalized spacial score (nSPS) is 11.0. The summed E-state index contributed by atoms with van der Waals surface area (Å²) in [4.78, 5) is 20.0. The van der Waals surface area contributed by atoms with Gasteiger partial charge in [0.05, 0.1) is 5.54 Å². The number of pyridine rings is 2. The van der Waals surface area contributed by atoms with E-state index < -0.39 is 5.54 Å². The average Bonchev–Trinajstić information content (AvgIpc) is 2.40. The van der Waals surface area contributed by atoms with Crippen molar-refractivity contribution >= 4 is 5.91 Å². The van der Waals surface area contributed by atoms with E-state index in [0.29, 0.717) is 5.56 Å². The van der Waals surface area contributed by atoms with Gasteiger partial charge in [0.25, 0.3) is 5.91 Å². The largest absolute Gasteiger partial charge is 0.343 e. The third kappa shape index (κ3) is 2.71. The van der Waals surface area contributed by atoms with Crippen LogP contribution in [-0.2, 0) is 5.54 Å². The van der Waals surface area contributed by atoms with Crippen LogP contribution in [0.25, 0.3) is 0 Å². The molecule has 0 radical (unpaired) electrons. The predicted molar refractivity (Wildman–Crippen MR) is 69.0 cm³/mol. The van der Waals surface area contributed by atoms with Gasteiger partial charge in [-0.2, -0.15) is 0 Å². The van der Waals surface area contributed by atoms with Crippen LogP contribution in [0.2, 0.25) is 0 Å². The Morgan fingerprint density at radius 3 is 2.44 bits per heavy atom. The van der Waals surface area contributed by atoms with Gasteiger partial charge >= 0.3 is 0 Å². The van der Waals surface area contributed by atoms with E-state index in [-0.39, 0.29) is 5.91 Å². The number of rotatable bonds is 3. The fourth-order valence-electron chi connectivity index (χ4n) is 1.66. The van der Waals surface area contributed by atoms with Crippen molar-refractivity contribution in [3.8, 4) is 0 Å². The molecule has 0 atom stereocenters. The third-order valence-corrected chi connectivity index (χ3v) is 2.75. The van der Waals surface area contributed by atoms with Gasteiger partial charge in [-0.05, 0) is 37.6 Å². The number of carbonyl (C=O) groups excluding carboxylic acids is 1. The second-order valence-corrected chi connectivity index (χ2v) is 4.56. The van der Waals surface area contributed by atoms with Gasteiger partial charge < -0.3 is 5.32 Å². The maximum absolute atomic E-state index is 12.1. The third-order valence-electron chi connectivity index (χ3n) is 2.75. The molecule has 0 aromatic carbocycles. The van der Waals surface area contributed by atoms with Crippen LogP contribution < -0.4 is 5.32 Å². The molecule has 0 bridgehead atoms. The molecular formula is C14H15N3O. The summed E-state index contributed by atoms with van der Waals surface area (Å²) in [6.07, 6.45) is 6.68. The topological polar surface area (TPSA) is 54.9 Å².